The number of aromatic nitrogens is 3. The van der Waals surface area contributed by atoms with E-state index < -0.39 is 19.6 Å². The molecule has 3 heterocycles. The fourth-order valence-electron chi connectivity index (χ4n) is 3.53. The second-order valence-corrected chi connectivity index (χ2v) is 7.87. The fourth-order valence-corrected chi connectivity index (χ4v) is 3.89. The third-order valence-corrected chi connectivity index (χ3v) is 5.48. The van der Waals surface area contributed by atoms with Gasteiger partial charge in [-0.1, -0.05) is 22.0 Å². The molecule has 2 aromatic carbocycles. The van der Waals surface area contributed by atoms with Gasteiger partial charge < -0.3 is 24.9 Å². The Morgan fingerprint density at radius 3 is 3.00 bits per heavy atom. The van der Waals surface area contributed by atoms with Gasteiger partial charge in [-0.05, 0) is 54.1 Å². The van der Waals surface area contributed by atoms with Crippen molar-refractivity contribution in [3.63, 3.8) is 0 Å². The Kier molecular flexibility index (Phi) is 3.96. The van der Waals surface area contributed by atoms with Gasteiger partial charge in [-0.3, -0.25) is 0 Å². The number of pyridine rings is 1. The van der Waals surface area contributed by atoms with E-state index in [9.17, 15) is 4.79 Å². The summed E-state index contributed by atoms with van der Waals surface area (Å²) in [5.41, 5.74) is 2.21. The summed E-state index contributed by atoms with van der Waals surface area (Å²) in [6.45, 7) is -1.91. The molecule has 0 radical (unpaired) electrons. The topological polar surface area (TPSA) is 84.0 Å². The number of nitrogens with one attached hydrogen (secondary N) is 3. The number of hydrogen-bond donors (Lipinski definition) is 3. The monoisotopic (exact) mass is 494 g/mol. The zero-order valence-electron chi connectivity index (χ0n) is 21.5. The minimum Gasteiger partial charge on any atom is -0.495 e. The molecule has 160 valence electrons. The van der Waals surface area contributed by atoms with Crippen LogP contribution in [0.2, 0.25) is 0 Å². The highest BCUT2D eigenvalue weighted by Crippen LogP contribution is 2.29. The minimum atomic E-state index is -2.69. The molecule has 0 atom stereocenters. The van der Waals surface area contributed by atoms with Crippen LogP contribution in [-0.4, -0.2) is 27.6 Å². The molecule has 0 spiro atoms. The smallest absolute Gasteiger partial charge is 0.323 e. The average Bonchev–Trinajstić information content (AvgIpc) is 3.48. The molecule has 5 aromatic rings. The minimum absolute atomic E-state index is 0.00988. The van der Waals surface area contributed by atoms with Gasteiger partial charge in [0.25, 0.3) is 0 Å². The number of rotatable bonds is 5. The predicted molar refractivity (Wildman–Crippen MR) is 130 cm³/mol. The van der Waals surface area contributed by atoms with Crippen molar-refractivity contribution in [2.45, 2.75) is 6.50 Å². The number of methoxy groups -OCH3 is 1. The van der Waals surface area contributed by atoms with Crippen LogP contribution in [0, 0.1) is 0 Å². The number of halogens is 1. The van der Waals surface area contributed by atoms with Crippen molar-refractivity contribution in [3.05, 3.63) is 83.2 Å². The SMILES string of the molecule is [2H]C([2H])([2H])Oc1ccc(Br)cc1NC(=O)Nc1cccc2c1ccn2C([2H])([2H])c1ccnc2[nH]ccc12. The molecule has 0 aliphatic rings. The first-order chi connectivity index (χ1) is 17.5. The zero-order valence-corrected chi connectivity index (χ0v) is 18.1. The van der Waals surface area contributed by atoms with Gasteiger partial charge in [0.15, 0.2) is 0 Å². The van der Waals surface area contributed by atoms with Gasteiger partial charge in [-0.25, -0.2) is 9.78 Å². The highest BCUT2D eigenvalue weighted by molar-refractivity contribution is 9.10. The maximum atomic E-state index is 12.9. The van der Waals surface area contributed by atoms with Crippen LogP contribution in [0.4, 0.5) is 16.2 Å². The summed E-state index contributed by atoms with van der Waals surface area (Å²) in [6.07, 6.45) is 4.90. The van der Waals surface area contributed by atoms with Gasteiger partial charge in [0.1, 0.15) is 11.4 Å². The summed E-state index contributed by atoms with van der Waals surface area (Å²) in [7, 11) is -2.69. The first kappa shape index (κ1) is 15.1. The summed E-state index contributed by atoms with van der Waals surface area (Å²) in [5, 5.41) is 6.67. The Balaban J connectivity index is 1.45. The summed E-state index contributed by atoms with van der Waals surface area (Å²) in [4.78, 5) is 20.1. The molecule has 0 fully saturated rings. The Labute approximate surface area is 199 Å². The number of hydrogen-bond acceptors (Lipinski definition) is 3. The number of H-pyrrole nitrogens is 1. The largest absolute Gasteiger partial charge is 0.495 e. The maximum Gasteiger partial charge on any atom is 0.323 e. The molecule has 0 aliphatic carbocycles. The van der Waals surface area contributed by atoms with Crippen molar-refractivity contribution < 1.29 is 16.4 Å². The number of aromatic amines is 1. The van der Waals surface area contributed by atoms with Crippen LogP contribution in [0.3, 0.4) is 0 Å². The van der Waals surface area contributed by atoms with Gasteiger partial charge >= 0.3 is 6.03 Å². The van der Waals surface area contributed by atoms with Crippen LogP contribution in [0.5, 0.6) is 5.75 Å². The standard InChI is InChI=1S/C24H20BrN5O2/c1-32-22-6-5-16(25)13-20(22)29-24(31)28-19-3-2-4-21-18(19)9-12-30(21)14-15-7-10-26-23-17(15)8-11-27-23/h2-13H,14H2,1H3,(H,26,27)(H2,28,29,31)/i1D3,14D2. The van der Waals surface area contributed by atoms with Crippen molar-refractivity contribution in [3.8, 4) is 5.75 Å². The normalized spacial score (nSPS) is 14.2. The lowest BCUT2D eigenvalue weighted by Gasteiger charge is -2.13. The number of fused-ring (bicyclic) bond motifs is 2. The molecule has 3 N–H and O–H groups in total. The van der Waals surface area contributed by atoms with Gasteiger partial charge in [0.05, 0.1) is 30.8 Å². The van der Waals surface area contributed by atoms with Gasteiger partial charge in [-0.2, -0.15) is 0 Å². The molecular formula is C24H20BrN5O2. The van der Waals surface area contributed by atoms with E-state index in [1.165, 1.54) is 16.7 Å². The van der Waals surface area contributed by atoms with E-state index in [0.29, 0.717) is 37.7 Å². The van der Waals surface area contributed by atoms with E-state index in [1.807, 2.05) is 0 Å². The Morgan fingerprint density at radius 2 is 2.09 bits per heavy atom. The van der Waals surface area contributed by atoms with Crippen molar-refractivity contribution in [1.82, 2.24) is 14.5 Å². The number of carbonyl (C=O) groups is 1. The Hall–Kier alpha value is -3.78. The lowest BCUT2D eigenvalue weighted by Crippen LogP contribution is -2.20. The van der Waals surface area contributed by atoms with Gasteiger partial charge in [-0.15, -0.1) is 0 Å². The van der Waals surface area contributed by atoms with Crippen molar-refractivity contribution in [1.29, 1.82) is 0 Å². The Morgan fingerprint density at radius 1 is 1.19 bits per heavy atom. The third kappa shape index (κ3) is 3.80. The van der Waals surface area contributed by atoms with Crippen molar-refractivity contribution in [2.24, 2.45) is 0 Å². The van der Waals surface area contributed by atoms with E-state index in [4.69, 9.17) is 11.6 Å². The quantitative estimate of drug-likeness (QED) is 0.281. The first-order valence-electron chi connectivity index (χ1n) is 12.1. The van der Waals surface area contributed by atoms with E-state index in [2.05, 4.69) is 36.5 Å². The molecule has 3 aromatic heterocycles. The number of benzene rings is 2. The fraction of sp³-hybridized carbons (Fsp3) is 0.0833. The van der Waals surface area contributed by atoms with Crippen molar-refractivity contribution >= 4 is 55.3 Å². The molecule has 5 rings (SSSR count). The molecular weight excluding hydrogens is 470 g/mol. The number of nitrogens with zero attached hydrogens (tertiary/aromatic N) is 2. The summed E-state index contributed by atoms with van der Waals surface area (Å²) in [5.74, 6) is -0.00988. The lowest BCUT2D eigenvalue weighted by molar-refractivity contribution is 0.262. The lowest BCUT2D eigenvalue weighted by atomic mass is 10.2. The van der Waals surface area contributed by atoms with Crippen LogP contribution >= 0.6 is 15.9 Å². The van der Waals surface area contributed by atoms with Crippen LogP contribution in [0.15, 0.2) is 77.7 Å². The highest BCUT2D eigenvalue weighted by Gasteiger charge is 2.12. The molecule has 7 nitrogen and oxygen atoms in total. The summed E-state index contributed by atoms with van der Waals surface area (Å²) in [6, 6.07) is 14.3. The van der Waals surface area contributed by atoms with E-state index in [-0.39, 0.29) is 11.4 Å². The second-order valence-electron chi connectivity index (χ2n) is 6.96. The maximum absolute atomic E-state index is 12.9. The van der Waals surface area contributed by atoms with Gasteiger partial charge in [0, 0.05) is 40.3 Å². The number of ether oxygens (including phenoxy) is 1. The predicted octanol–water partition coefficient (Wildman–Crippen LogP) is 5.98. The zero-order chi connectivity index (χ0) is 26.4. The average molecular weight is 495 g/mol. The molecule has 0 aliphatic heterocycles. The van der Waals surface area contributed by atoms with Crippen LogP contribution in [0.1, 0.15) is 12.4 Å². The number of amides is 2. The molecule has 0 unspecified atom stereocenters. The number of urea groups is 1. The molecule has 0 saturated carbocycles. The van der Waals surface area contributed by atoms with Crippen LogP contribution in [-0.2, 0) is 6.50 Å². The van der Waals surface area contributed by atoms with Gasteiger partial charge in [0.2, 0.25) is 0 Å². The molecule has 32 heavy (non-hydrogen) atoms. The molecule has 0 saturated heterocycles. The molecule has 8 heteroatoms. The van der Waals surface area contributed by atoms with E-state index in [1.54, 1.807) is 61.1 Å². The van der Waals surface area contributed by atoms with Crippen molar-refractivity contribution in [2.75, 3.05) is 17.7 Å². The number of anilines is 2. The van der Waals surface area contributed by atoms with Crippen LogP contribution < -0.4 is 15.4 Å². The highest BCUT2D eigenvalue weighted by atomic mass is 79.9. The number of carbonyl (C=O) groups excluding carboxylic acids is 1. The third-order valence-electron chi connectivity index (χ3n) is 4.98. The second kappa shape index (κ2) is 8.39. The first-order valence-corrected chi connectivity index (χ1v) is 10.4. The van der Waals surface area contributed by atoms with E-state index >= 15 is 0 Å². The Bertz CT molecular complexity index is 1630. The summed E-state index contributed by atoms with van der Waals surface area (Å²) < 4.78 is 47.0. The molecule has 2 amide bonds. The van der Waals surface area contributed by atoms with Crippen LogP contribution in [0.25, 0.3) is 21.9 Å². The molecule has 0 bridgehead atoms. The summed E-state index contributed by atoms with van der Waals surface area (Å²) >= 11 is 3.31. The van der Waals surface area contributed by atoms with E-state index in [0.717, 1.165) is 0 Å².